The number of benzene rings is 2. The van der Waals surface area contributed by atoms with Crippen LogP contribution in [-0.4, -0.2) is 93.3 Å². The third-order valence-corrected chi connectivity index (χ3v) is 10.8. The molecule has 13 heteroatoms. The van der Waals surface area contributed by atoms with E-state index in [0.717, 1.165) is 59.2 Å². The summed E-state index contributed by atoms with van der Waals surface area (Å²) < 4.78 is 1.84. The van der Waals surface area contributed by atoms with Crippen molar-refractivity contribution in [3.05, 3.63) is 89.2 Å². The van der Waals surface area contributed by atoms with Crippen LogP contribution in [0.5, 0.6) is 0 Å². The van der Waals surface area contributed by atoms with E-state index in [9.17, 15) is 9.59 Å². The molecule has 0 radical (unpaired) electrons. The number of likely N-dealkylation sites (tertiary alicyclic amines) is 1. The van der Waals surface area contributed by atoms with Gasteiger partial charge in [0.25, 0.3) is 0 Å². The smallest absolute Gasteiger partial charge is 0.693 e. The van der Waals surface area contributed by atoms with Crippen LogP contribution < -0.4 is 0 Å². The third-order valence-electron chi connectivity index (χ3n) is 10.8. The Balaban J connectivity index is 0.000000379. The Morgan fingerprint density at radius 3 is 1.62 bits per heavy atom. The fourth-order valence-electron chi connectivity index (χ4n) is 8.86. The first-order chi connectivity index (χ1) is 25.3. The number of nitrogens with two attached hydrogens (primary N) is 1. The predicted molar refractivity (Wildman–Crippen MR) is 215 cm³/mol. The van der Waals surface area contributed by atoms with E-state index >= 15 is 0 Å². The van der Waals surface area contributed by atoms with Gasteiger partial charge in [0.1, 0.15) is 6.54 Å². The summed E-state index contributed by atoms with van der Waals surface area (Å²) in [5, 5.41) is 43.9. The molecule has 296 valence electrons. The standard InChI is InChI=1S/C14H23NO2.C14H11NO2.C10H14N2.2C2H6O.H2N.2Zn/c2*16-14(17)9-15-12-7-3-1-5-10(12)11-6-2-4-8-13(11)15;1-5-11-6-2-9(1)10-3-7-12-8-4-10;2*1-2-3;;;/h10-13H,1-9H2,(H,16,17);1-8H,9H2,(H,16,17);1-2,5,10H,3-4,6-8H2;2*3H,2H2,1H3;1H2;;/q;;-2;;;-1;;+2. The van der Waals surface area contributed by atoms with Gasteiger partial charge < -0.3 is 41.8 Å². The van der Waals surface area contributed by atoms with E-state index in [0.29, 0.717) is 12.1 Å². The van der Waals surface area contributed by atoms with E-state index in [1.807, 2.05) is 59.3 Å². The molecule has 0 bridgehead atoms. The van der Waals surface area contributed by atoms with Crippen LogP contribution in [-0.2, 0) is 55.1 Å². The molecule has 0 amide bonds. The summed E-state index contributed by atoms with van der Waals surface area (Å²) in [6, 6.07) is 16.9. The van der Waals surface area contributed by atoms with Gasteiger partial charge in [0, 0.05) is 66.6 Å². The zero-order valence-electron chi connectivity index (χ0n) is 33.1. The van der Waals surface area contributed by atoms with Crippen LogP contribution in [0.2, 0.25) is 0 Å². The Labute approximate surface area is 353 Å². The van der Waals surface area contributed by atoms with Crippen LogP contribution in [0, 0.1) is 17.8 Å². The first kappa shape index (κ1) is 50.5. The first-order valence-corrected chi connectivity index (χ1v) is 19.4. The first-order valence-electron chi connectivity index (χ1n) is 19.4. The molecule has 4 unspecified atom stereocenters. The van der Waals surface area contributed by atoms with Gasteiger partial charge in [0.2, 0.25) is 0 Å². The van der Waals surface area contributed by atoms with Gasteiger partial charge in [-0.05, 0) is 69.4 Å². The summed E-state index contributed by atoms with van der Waals surface area (Å²) in [4.78, 5) is 24.4. The van der Waals surface area contributed by atoms with Crippen molar-refractivity contribution in [3.63, 3.8) is 0 Å². The summed E-state index contributed by atoms with van der Waals surface area (Å²) in [6.07, 6.45) is 19.3. The van der Waals surface area contributed by atoms with E-state index in [2.05, 4.69) is 27.7 Å². The Morgan fingerprint density at radius 2 is 1.18 bits per heavy atom. The Kier molecular flexibility index (Phi) is 25.0. The number of carboxylic acids is 2. The van der Waals surface area contributed by atoms with E-state index in [-0.39, 0.29) is 71.4 Å². The number of nitrogens with zero attached hydrogens (tertiary/aromatic N) is 4. The number of piperidine rings is 1. The quantitative estimate of drug-likeness (QED) is 0.185. The Bertz CT molecular complexity index is 1530. The molecule has 2 aromatic carbocycles. The van der Waals surface area contributed by atoms with Gasteiger partial charge in [-0.25, -0.2) is 0 Å². The maximum absolute atomic E-state index is 11.1. The molecule has 2 saturated heterocycles. The number of rotatable bonds is 5. The minimum absolute atomic E-state index is 0. The van der Waals surface area contributed by atoms with Gasteiger partial charge in [-0.1, -0.05) is 92.6 Å². The minimum atomic E-state index is -0.823. The van der Waals surface area contributed by atoms with Crippen molar-refractivity contribution in [2.45, 2.75) is 96.7 Å². The topological polar surface area (TPSA) is 185 Å². The van der Waals surface area contributed by atoms with Crippen LogP contribution >= 0.6 is 0 Å². The summed E-state index contributed by atoms with van der Waals surface area (Å²) in [7, 11) is 0. The fraction of sp³-hybridized carbons (Fsp3) is 0.571. The maximum atomic E-state index is 11.1. The molecule has 8 rings (SSSR count). The number of fused-ring (bicyclic) bond motifs is 6. The minimum Gasteiger partial charge on any atom is -0.693 e. The second-order valence-electron chi connectivity index (χ2n) is 14.1. The Hall–Kier alpha value is -2.49. The Morgan fingerprint density at radius 1 is 0.727 bits per heavy atom. The molecule has 4 atom stereocenters. The van der Waals surface area contributed by atoms with E-state index in [1.54, 1.807) is 13.8 Å². The molecular formula is C42H62N5O6Zn2-. The molecule has 11 nitrogen and oxygen atoms in total. The molecule has 3 aliphatic heterocycles. The van der Waals surface area contributed by atoms with Crippen molar-refractivity contribution in [1.29, 1.82) is 0 Å². The van der Waals surface area contributed by atoms with E-state index in [4.69, 9.17) is 20.4 Å². The van der Waals surface area contributed by atoms with E-state index in [1.165, 1.54) is 69.8 Å². The molecule has 0 spiro atoms. The van der Waals surface area contributed by atoms with Gasteiger partial charge in [-0.15, -0.1) is 19.6 Å². The molecule has 4 heterocycles. The molecule has 5 aliphatic rings. The van der Waals surface area contributed by atoms with Gasteiger partial charge in [-0.2, -0.15) is 6.20 Å². The number of aliphatic carboxylic acids is 2. The van der Waals surface area contributed by atoms with Gasteiger partial charge >= 0.3 is 31.4 Å². The van der Waals surface area contributed by atoms with Crippen molar-refractivity contribution >= 4 is 33.7 Å². The van der Waals surface area contributed by atoms with Crippen molar-refractivity contribution in [2.75, 3.05) is 39.4 Å². The van der Waals surface area contributed by atoms with Crippen LogP contribution in [0.4, 0.5) is 0 Å². The summed E-state index contributed by atoms with van der Waals surface area (Å²) in [5.74, 6) is 0.924. The molecule has 3 aromatic rings. The van der Waals surface area contributed by atoms with Crippen LogP contribution in [0.1, 0.15) is 78.1 Å². The van der Waals surface area contributed by atoms with Crippen LogP contribution in [0.25, 0.3) is 38.6 Å². The van der Waals surface area contributed by atoms with Crippen LogP contribution in [0.15, 0.2) is 72.5 Å². The monoisotopic (exact) mass is 860 g/mol. The van der Waals surface area contributed by atoms with Crippen molar-refractivity contribution in [1.82, 2.24) is 9.47 Å². The van der Waals surface area contributed by atoms with Crippen LogP contribution in [0.3, 0.4) is 0 Å². The van der Waals surface area contributed by atoms with Gasteiger partial charge in [0.15, 0.2) is 0 Å². The maximum Gasteiger partial charge on any atom is 2.00 e. The molecule has 6 N–H and O–H groups in total. The van der Waals surface area contributed by atoms with E-state index < -0.39 is 11.9 Å². The summed E-state index contributed by atoms with van der Waals surface area (Å²) in [5.41, 5.74) is 3.42. The number of para-hydroxylation sites is 2. The fourth-order valence-corrected chi connectivity index (χ4v) is 8.86. The number of hydrogen-bond donors (Lipinski definition) is 4. The van der Waals surface area contributed by atoms with Gasteiger partial charge in [-0.3, -0.25) is 14.5 Å². The van der Waals surface area contributed by atoms with Gasteiger partial charge in [0.05, 0.1) is 6.54 Å². The zero-order chi connectivity index (χ0) is 37.3. The number of hydrogen-bond acceptors (Lipinski definition) is 5. The summed E-state index contributed by atoms with van der Waals surface area (Å²) in [6.45, 7) is 7.11. The SMILES string of the molecule is C1=CC(C2CC[N-]CC2)=CC[N-]1.CCO.CCO.O=C(O)CN1C2CCCCC2C2CCCCC21.O=C(O)Cn1c2ccccc2c2ccccc21.[NH2-].[Zn+2].[Zn]. The molecular weight excluding hydrogens is 801 g/mol. The largest absolute Gasteiger partial charge is 2.00 e. The molecule has 2 saturated carbocycles. The molecule has 4 fully saturated rings. The second kappa shape index (κ2) is 27.2. The molecule has 55 heavy (non-hydrogen) atoms. The average Bonchev–Trinajstić information content (AvgIpc) is 3.65. The number of carbonyl (C=O) groups is 2. The molecule has 2 aliphatic carbocycles. The number of carboxylic acid groups (broad SMARTS) is 2. The predicted octanol–water partition coefficient (Wildman–Crippen LogP) is 8.69. The second-order valence-corrected chi connectivity index (χ2v) is 14.1. The third kappa shape index (κ3) is 14.4. The zero-order valence-corrected chi connectivity index (χ0v) is 39.1. The molecule has 1 aromatic heterocycles. The van der Waals surface area contributed by atoms with Crippen molar-refractivity contribution < 1.29 is 69.0 Å². The normalized spacial score (nSPS) is 22.4. The average molecular weight is 864 g/mol. The number of aliphatic hydroxyl groups is 2. The van der Waals surface area contributed by atoms with Crippen molar-refractivity contribution in [2.24, 2.45) is 17.8 Å². The number of allylic oxidation sites excluding steroid dienone is 2. The summed E-state index contributed by atoms with van der Waals surface area (Å²) >= 11 is 0. The van der Waals surface area contributed by atoms with Crippen molar-refractivity contribution in [3.8, 4) is 0 Å². The number of aromatic nitrogens is 1. The number of aliphatic hydroxyl groups excluding tert-OH is 2.